The molecule has 31 heavy (non-hydrogen) atoms. The lowest BCUT2D eigenvalue weighted by atomic mass is 10.0. The summed E-state index contributed by atoms with van der Waals surface area (Å²) in [6.07, 6.45) is 16.6. The summed E-state index contributed by atoms with van der Waals surface area (Å²) in [6.45, 7) is 1.80. The van der Waals surface area contributed by atoms with Gasteiger partial charge in [-0.2, -0.15) is 0 Å². The molecular formula is C23H38N4O4. The van der Waals surface area contributed by atoms with Gasteiger partial charge in [0, 0.05) is 25.7 Å². The number of isocyanates is 1. The van der Waals surface area contributed by atoms with E-state index in [1.54, 1.807) is 0 Å². The van der Waals surface area contributed by atoms with Crippen molar-refractivity contribution in [3.05, 3.63) is 0 Å². The van der Waals surface area contributed by atoms with Crippen molar-refractivity contribution in [3.8, 4) is 0 Å². The van der Waals surface area contributed by atoms with Gasteiger partial charge in [0.2, 0.25) is 6.08 Å². The van der Waals surface area contributed by atoms with Crippen molar-refractivity contribution in [2.24, 2.45) is 9.98 Å². The topological polar surface area (TPSA) is 91.6 Å². The van der Waals surface area contributed by atoms with Gasteiger partial charge in [-0.3, -0.25) is 4.99 Å². The number of cyclic esters (lactones) is 1. The molecule has 3 amide bonds. The molecule has 2 aliphatic rings. The van der Waals surface area contributed by atoms with E-state index in [2.05, 4.69) is 9.98 Å². The Kier molecular flexibility index (Phi) is 12.6. The van der Waals surface area contributed by atoms with E-state index in [0.29, 0.717) is 32.5 Å². The molecule has 1 heterocycles. The van der Waals surface area contributed by atoms with Crippen molar-refractivity contribution in [1.29, 1.82) is 0 Å². The van der Waals surface area contributed by atoms with Crippen LogP contribution in [0.1, 0.15) is 89.9 Å². The molecule has 1 fully saturated rings. The molecule has 0 radical (unpaired) electrons. The molecule has 0 saturated heterocycles. The van der Waals surface area contributed by atoms with Gasteiger partial charge < -0.3 is 9.64 Å². The maximum Gasteiger partial charge on any atom is 0.424 e. The van der Waals surface area contributed by atoms with Crippen molar-refractivity contribution < 1.29 is 19.1 Å². The molecule has 8 heteroatoms. The van der Waals surface area contributed by atoms with E-state index in [-0.39, 0.29) is 18.6 Å². The van der Waals surface area contributed by atoms with Gasteiger partial charge in [0.05, 0.1) is 6.54 Å². The van der Waals surface area contributed by atoms with Gasteiger partial charge in [0.1, 0.15) is 0 Å². The fourth-order valence-electron chi connectivity index (χ4n) is 4.32. The Morgan fingerprint density at radius 2 is 1.65 bits per heavy atom. The van der Waals surface area contributed by atoms with Gasteiger partial charge in [0.25, 0.3) is 0 Å². The van der Waals surface area contributed by atoms with Crippen molar-refractivity contribution in [2.75, 3.05) is 26.2 Å². The largest absolute Gasteiger partial charge is 0.424 e. The van der Waals surface area contributed by atoms with Gasteiger partial charge in [0.15, 0.2) is 6.40 Å². The first kappa shape index (κ1) is 25.1. The van der Waals surface area contributed by atoms with Crippen LogP contribution < -0.4 is 0 Å². The summed E-state index contributed by atoms with van der Waals surface area (Å²) in [4.78, 5) is 47.2. The lowest BCUT2D eigenvalue weighted by Crippen LogP contribution is -2.51. The fourth-order valence-corrected chi connectivity index (χ4v) is 4.32. The second kappa shape index (κ2) is 15.6. The molecule has 2 rings (SSSR count). The maximum atomic E-state index is 13.5. The molecule has 0 aromatic carbocycles. The Hall–Kier alpha value is -2.21. The standard InChI is InChI=1S/C23H38N4O4/c28-19-24-15-9-12-18-27-22(29)26(17-11-10-16-25-20-31-23(27)30)21-13-7-5-3-1-2-4-6-8-14-21/h20-21H,1-18H2. The van der Waals surface area contributed by atoms with Crippen LogP contribution >= 0.6 is 0 Å². The number of carbonyl (C=O) groups is 2. The normalized spacial score (nSPS) is 20.9. The molecule has 0 aromatic rings. The van der Waals surface area contributed by atoms with Crippen LogP contribution in [0.2, 0.25) is 0 Å². The predicted octanol–water partition coefficient (Wildman–Crippen LogP) is 5.07. The smallest absolute Gasteiger partial charge is 0.398 e. The highest BCUT2D eigenvalue weighted by molar-refractivity contribution is 5.93. The van der Waals surface area contributed by atoms with Gasteiger partial charge in [-0.15, -0.1) is 0 Å². The Balaban J connectivity index is 2.13. The summed E-state index contributed by atoms with van der Waals surface area (Å²) >= 11 is 0. The third-order valence-electron chi connectivity index (χ3n) is 6.09. The lowest BCUT2D eigenvalue weighted by Gasteiger charge is -2.35. The Bertz CT molecular complexity index is 607. The van der Waals surface area contributed by atoms with Crippen LogP contribution in [0.4, 0.5) is 9.59 Å². The number of amides is 3. The zero-order valence-electron chi connectivity index (χ0n) is 18.8. The molecule has 0 spiro atoms. The Morgan fingerprint density at radius 1 is 0.968 bits per heavy atom. The summed E-state index contributed by atoms with van der Waals surface area (Å²) in [5, 5.41) is 0. The highest BCUT2D eigenvalue weighted by atomic mass is 16.6. The van der Waals surface area contributed by atoms with E-state index in [1.807, 2.05) is 4.90 Å². The molecule has 174 valence electrons. The second-order valence-electron chi connectivity index (χ2n) is 8.47. The maximum absolute atomic E-state index is 13.5. The fraction of sp³-hybridized carbons (Fsp3) is 0.826. The number of rotatable bonds is 6. The first-order chi connectivity index (χ1) is 15.2. The number of nitrogens with zero attached hydrogens (tertiary/aromatic N) is 4. The van der Waals surface area contributed by atoms with Gasteiger partial charge in [-0.05, 0) is 38.5 Å². The quantitative estimate of drug-likeness (QED) is 0.331. The minimum absolute atomic E-state index is 0.155. The summed E-state index contributed by atoms with van der Waals surface area (Å²) < 4.78 is 5.13. The van der Waals surface area contributed by atoms with E-state index < -0.39 is 6.09 Å². The monoisotopic (exact) mass is 434 g/mol. The molecule has 0 aromatic heterocycles. The van der Waals surface area contributed by atoms with Gasteiger partial charge in [-0.25, -0.2) is 24.3 Å². The van der Waals surface area contributed by atoms with E-state index in [4.69, 9.17) is 4.74 Å². The molecule has 1 aliphatic heterocycles. The number of unbranched alkanes of at least 4 members (excludes halogenated alkanes) is 1. The van der Waals surface area contributed by atoms with Crippen LogP contribution in [-0.2, 0) is 9.53 Å². The number of imide groups is 1. The number of hydrogen-bond donors (Lipinski definition) is 0. The SMILES string of the molecule is O=C=NCCCCN1C(=O)OC=NCCCCN(C2CCCCCCCCCC2)C1=O. The molecular weight excluding hydrogens is 396 g/mol. The van der Waals surface area contributed by atoms with Crippen LogP contribution in [0.25, 0.3) is 0 Å². The van der Waals surface area contributed by atoms with Crippen LogP contribution in [0.3, 0.4) is 0 Å². The molecule has 1 aliphatic carbocycles. The minimum Gasteiger partial charge on any atom is -0.398 e. The van der Waals surface area contributed by atoms with E-state index >= 15 is 0 Å². The van der Waals surface area contributed by atoms with E-state index in [9.17, 15) is 14.4 Å². The minimum atomic E-state index is -0.684. The average Bonchev–Trinajstić information content (AvgIpc) is 2.85. The predicted molar refractivity (Wildman–Crippen MR) is 120 cm³/mol. The summed E-state index contributed by atoms with van der Waals surface area (Å²) in [5.74, 6) is 0. The highest BCUT2D eigenvalue weighted by Crippen LogP contribution is 2.23. The molecule has 0 atom stereocenters. The summed E-state index contributed by atoms with van der Waals surface area (Å²) in [7, 11) is 0. The van der Waals surface area contributed by atoms with Crippen molar-refractivity contribution in [2.45, 2.75) is 95.9 Å². The first-order valence-corrected chi connectivity index (χ1v) is 12.0. The Labute approximate surface area is 186 Å². The van der Waals surface area contributed by atoms with Crippen molar-refractivity contribution in [3.63, 3.8) is 0 Å². The third-order valence-corrected chi connectivity index (χ3v) is 6.09. The molecule has 0 unspecified atom stereocenters. The van der Waals surface area contributed by atoms with Crippen LogP contribution in [0, 0.1) is 0 Å². The van der Waals surface area contributed by atoms with Crippen LogP contribution in [-0.4, -0.2) is 66.6 Å². The summed E-state index contributed by atoms with van der Waals surface area (Å²) in [5.41, 5.74) is 0. The molecule has 1 saturated carbocycles. The lowest BCUT2D eigenvalue weighted by molar-refractivity contribution is 0.113. The van der Waals surface area contributed by atoms with Gasteiger partial charge in [-0.1, -0.05) is 51.4 Å². The average molecular weight is 435 g/mol. The zero-order valence-corrected chi connectivity index (χ0v) is 18.8. The number of ether oxygens (including phenoxy) is 1. The second-order valence-corrected chi connectivity index (χ2v) is 8.47. The molecule has 8 nitrogen and oxygen atoms in total. The number of aliphatic imine (C=N–C) groups is 2. The summed E-state index contributed by atoms with van der Waals surface area (Å²) in [6, 6.07) is -0.110. The van der Waals surface area contributed by atoms with Crippen LogP contribution in [0.15, 0.2) is 9.98 Å². The zero-order chi connectivity index (χ0) is 22.2. The molecule has 0 bridgehead atoms. The number of urea groups is 1. The first-order valence-electron chi connectivity index (χ1n) is 12.0. The molecule has 0 N–H and O–H groups in total. The van der Waals surface area contributed by atoms with Crippen molar-refractivity contribution >= 4 is 24.6 Å². The van der Waals surface area contributed by atoms with E-state index in [1.165, 1.54) is 49.5 Å². The third kappa shape index (κ3) is 9.64. The number of hydrogen-bond acceptors (Lipinski definition) is 6. The van der Waals surface area contributed by atoms with Gasteiger partial charge >= 0.3 is 12.1 Å². The van der Waals surface area contributed by atoms with Crippen LogP contribution in [0.5, 0.6) is 0 Å². The van der Waals surface area contributed by atoms with E-state index in [0.717, 1.165) is 44.9 Å². The van der Waals surface area contributed by atoms with Crippen molar-refractivity contribution in [1.82, 2.24) is 9.80 Å². The Morgan fingerprint density at radius 3 is 2.32 bits per heavy atom. The number of carbonyl (C=O) groups excluding carboxylic acids is 3. The highest BCUT2D eigenvalue weighted by Gasteiger charge is 2.31.